The third-order valence-corrected chi connectivity index (χ3v) is 3.30. The molecule has 118 valence electrons. The van der Waals surface area contributed by atoms with Crippen LogP contribution < -0.4 is 0 Å². The smallest absolute Gasteiger partial charge is 0.303 e. The number of carbonyl (C=O) groups is 1. The van der Waals surface area contributed by atoms with E-state index >= 15 is 0 Å². The standard InChI is InChI=1S/C16H30O4/c1-2-3-4-6-9-14(17)12-13-15(18)10-7-5-8-11-16(19)20/h12-15,17-18H,2-11H2,1H3,(H,19,20)/b13-12+. The lowest BCUT2D eigenvalue weighted by Crippen LogP contribution is -2.07. The van der Waals surface area contributed by atoms with Gasteiger partial charge in [0.25, 0.3) is 0 Å². The summed E-state index contributed by atoms with van der Waals surface area (Å²) in [5, 5.41) is 27.9. The summed E-state index contributed by atoms with van der Waals surface area (Å²) >= 11 is 0. The number of aliphatic hydroxyl groups excluding tert-OH is 2. The minimum absolute atomic E-state index is 0.197. The number of rotatable bonds is 13. The van der Waals surface area contributed by atoms with Gasteiger partial charge >= 0.3 is 5.97 Å². The summed E-state index contributed by atoms with van der Waals surface area (Å²) in [6, 6.07) is 0. The first-order valence-corrected chi connectivity index (χ1v) is 7.82. The second-order valence-corrected chi connectivity index (χ2v) is 5.36. The van der Waals surface area contributed by atoms with Crippen molar-refractivity contribution in [2.75, 3.05) is 0 Å². The van der Waals surface area contributed by atoms with E-state index in [0.29, 0.717) is 12.8 Å². The zero-order valence-corrected chi connectivity index (χ0v) is 12.6. The Kier molecular flexibility index (Phi) is 12.6. The Hall–Kier alpha value is -0.870. The maximum absolute atomic E-state index is 10.3. The van der Waals surface area contributed by atoms with E-state index in [2.05, 4.69) is 6.92 Å². The molecule has 0 aliphatic carbocycles. The molecule has 0 saturated carbocycles. The Balaban J connectivity index is 3.55. The molecule has 0 aromatic carbocycles. The molecule has 0 aromatic heterocycles. The highest BCUT2D eigenvalue weighted by atomic mass is 16.4. The molecule has 0 heterocycles. The van der Waals surface area contributed by atoms with Crippen LogP contribution in [0, 0.1) is 0 Å². The normalized spacial score (nSPS) is 14.6. The van der Waals surface area contributed by atoms with Crippen LogP contribution in [0.25, 0.3) is 0 Å². The molecule has 0 radical (unpaired) electrons. The van der Waals surface area contributed by atoms with Gasteiger partial charge in [0, 0.05) is 6.42 Å². The summed E-state index contributed by atoms with van der Waals surface area (Å²) in [5.74, 6) is -0.767. The highest BCUT2D eigenvalue weighted by molar-refractivity contribution is 5.66. The quantitative estimate of drug-likeness (QED) is 0.359. The van der Waals surface area contributed by atoms with E-state index in [9.17, 15) is 15.0 Å². The Morgan fingerprint density at radius 1 is 0.900 bits per heavy atom. The maximum Gasteiger partial charge on any atom is 0.303 e. The first kappa shape index (κ1) is 19.1. The third-order valence-electron chi connectivity index (χ3n) is 3.30. The molecule has 0 fully saturated rings. The summed E-state index contributed by atoms with van der Waals surface area (Å²) in [4.78, 5) is 10.3. The van der Waals surface area contributed by atoms with Crippen molar-refractivity contribution in [3.63, 3.8) is 0 Å². The first-order chi connectivity index (χ1) is 9.56. The van der Waals surface area contributed by atoms with Crippen LogP contribution in [-0.4, -0.2) is 33.5 Å². The van der Waals surface area contributed by atoms with E-state index in [1.165, 1.54) is 12.8 Å². The molecule has 0 rings (SSSR count). The van der Waals surface area contributed by atoms with Gasteiger partial charge in [-0.1, -0.05) is 57.6 Å². The summed E-state index contributed by atoms with van der Waals surface area (Å²) in [6.45, 7) is 2.16. The molecule has 3 N–H and O–H groups in total. The molecule has 2 atom stereocenters. The van der Waals surface area contributed by atoms with Gasteiger partial charge in [-0.15, -0.1) is 0 Å². The molecule has 0 aliphatic rings. The van der Waals surface area contributed by atoms with Crippen LogP contribution in [-0.2, 0) is 4.79 Å². The van der Waals surface area contributed by atoms with E-state index in [4.69, 9.17) is 5.11 Å². The monoisotopic (exact) mass is 286 g/mol. The summed E-state index contributed by atoms with van der Waals surface area (Å²) in [6.07, 6.45) is 10.7. The van der Waals surface area contributed by atoms with Gasteiger partial charge in [-0.2, -0.15) is 0 Å². The minimum Gasteiger partial charge on any atom is -0.481 e. The van der Waals surface area contributed by atoms with E-state index in [-0.39, 0.29) is 6.42 Å². The van der Waals surface area contributed by atoms with Gasteiger partial charge in [0.15, 0.2) is 0 Å². The lowest BCUT2D eigenvalue weighted by molar-refractivity contribution is -0.137. The second kappa shape index (κ2) is 13.1. The fourth-order valence-corrected chi connectivity index (χ4v) is 2.04. The maximum atomic E-state index is 10.3. The molecule has 4 nitrogen and oxygen atoms in total. The molecule has 0 spiro atoms. The molecule has 20 heavy (non-hydrogen) atoms. The molecule has 2 unspecified atom stereocenters. The van der Waals surface area contributed by atoms with Crippen LogP contribution in [0.1, 0.15) is 71.1 Å². The molecule has 0 saturated heterocycles. The largest absolute Gasteiger partial charge is 0.481 e. The van der Waals surface area contributed by atoms with Gasteiger partial charge in [-0.3, -0.25) is 4.79 Å². The third kappa shape index (κ3) is 13.6. The summed E-state index contributed by atoms with van der Waals surface area (Å²) in [5.41, 5.74) is 0. The molecular weight excluding hydrogens is 256 g/mol. The summed E-state index contributed by atoms with van der Waals surface area (Å²) < 4.78 is 0. The molecule has 0 bridgehead atoms. The fraction of sp³-hybridized carbons (Fsp3) is 0.812. The van der Waals surface area contributed by atoms with Gasteiger partial charge in [0.2, 0.25) is 0 Å². The van der Waals surface area contributed by atoms with Crippen LogP contribution in [0.15, 0.2) is 12.2 Å². The Morgan fingerprint density at radius 3 is 1.85 bits per heavy atom. The van der Waals surface area contributed by atoms with Crippen LogP contribution in [0.2, 0.25) is 0 Å². The second-order valence-electron chi connectivity index (χ2n) is 5.36. The van der Waals surface area contributed by atoms with Crippen molar-refractivity contribution in [1.82, 2.24) is 0 Å². The van der Waals surface area contributed by atoms with Crippen molar-refractivity contribution >= 4 is 5.97 Å². The number of hydrogen-bond donors (Lipinski definition) is 3. The number of hydrogen-bond acceptors (Lipinski definition) is 3. The topological polar surface area (TPSA) is 77.8 Å². The van der Waals surface area contributed by atoms with Gasteiger partial charge in [-0.25, -0.2) is 0 Å². The zero-order chi connectivity index (χ0) is 15.2. The minimum atomic E-state index is -0.767. The predicted molar refractivity (Wildman–Crippen MR) is 80.6 cm³/mol. The number of aliphatic hydroxyl groups is 2. The summed E-state index contributed by atoms with van der Waals surface area (Å²) in [7, 11) is 0. The van der Waals surface area contributed by atoms with Crippen LogP contribution in [0.5, 0.6) is 0 Å². The molecular formula is C16H30O4. The number of unbranched alkanes of at least 4 members (excludes halogenated alkanes) is 5. The zero-order valence-electron chi connectivity index (χ0n) is 12.6. The Morgan fingerprint density at radius 2 is 1.40 bits per heavy atom. The highest BCUT2D eigenvalue weighted by Gasteiger charge is 2.03. The van der Waals surface area contributed by atoms with Crippen molar-refractivity contribution in [2.24, 2.45) is 0 Å². The Labute approximate surface area is 122 Å². The van der Waals surface area contributed by atoms with Crippen LogP contribution >= 0.6 is 0 Å². The van der Waals surface area contributed by atoms with Crippen molar-refractivity contribution in [3.8, 4) is 0 Å². The lowest BCUT2D eigenvalue weighted by Gasteiger charge is -2.08. The molecule has 4 heteroatoms. The van der Waals surface area contributed by atoms with E-state index < -0.39 is 18.2 Å². The van der Waals surface area contributed by atoms with Gasteiger partial charge in [0.1, 0.15) is 0 Å². The highest BCUT2D eigenvalue weighted by Crippen LogP contribution is 2.09. The van der Waals surface area contributed by atoms with Gasteiger partial charge in [0.05, 0.1) is 12.2 Å². The SMILES string of the molecule is CCCCCCC(O)/C=C/C(O)CCCCCC(=O)O. The van der Waals surface area contributed by atoms with E-state index in [0.717, 1.165) is 32.1 Å². The van der Waals surface area contributed by atoms with Crippen molar-refractivity contribution < 1.29 is 20.1 Å². The average Bonchev–Trinajstić information content (AvgIpc) is 2.40. The van der Waals surface area contributed by atoms with E-state index in [1.54, 1.807) is 12.2 Å². The predicted octanol–water partition coefficient (Wildman–Crippen LogP) is 3.27. The van der Waals surface area contributed by atoms with Crippen molar-refractivity contribution in [1.29, 1.82) is 0 Å². The van der Waals surface area contributed by atoms with Crippen LogP contribution in [0.3, 0.4) is 0 Å². The van der Waals surface area contributed by atoms with Gasteiger partial charge in [-0.05, 0) is 19.3 Å². The van der Waals surface area contributed by atoms with E-state index in [1.807, 2.05) is 0 Å². The van der Waals surface area contributed by atoms with Crippen molar-refractivity contribution in [2.45, 2.75) is 83.3 Å². The number of carboxylic acids is 1. The Bertz CT molecular complexity index is 263. The van der Waals surface area contributed by atoms with Crippen molar-refractivity contribution in [3.05, 3.63) is 12.2 Å². The average molecular weight is 286 g/mol. The fourth-order valence-electron chi connectivity index (χ4n) is 2.04. The van der Waals surface area contributed by atoms with Crippen LogP contribution in [0.4, 0.5) is 0 Å². The first-order valence-electron chi connectivity index (χ1n) is 7.82. The number of carboxylic acid groups (broad SMARTS) is 1. The molecule has 0 aliphatic heterocycles. The molecule has 0 aromatic rings. The number of aliphatic carboxylic acids is 1. The molecule has 0 amide bonds. The van der Waals surface area contributed by atoms with Gasteiger partial charge < -0.3 is 15.3 Å². The lowest BCUT2D eigenvalue weighted by atomic mass is 10.1.